The van der Waals surface area contributed by atoms with Crippen molar-refractivity contribution in [2.24, 2.45) is 5.41 Å². The molecule has 7 nitrogen and oxygen atoms in total. The fraction of sp³-hybridized carbons (Fsp3) is 0.333. The first-order valence-corrected chi connectivity index (χ1v) is 11.5. The van der Waals surface area contributed by atoms with Gasteiger partial charge in [-0.15, -0.1) is 11.3 Å². The van der Waals surface area contributed by atoms with Gasteiger partial charge < -0.3 is 16.0 Å². The number of hydrogen-bond acceptors (Lipinski definition) is 6. The molecule has 8 heteroatoms. The summed E-state index contributed by atoms with van der Waals surface area (Å²) in [6.45, 7) is 2.69. The van der Waals surface area contributed by atoms with Crippen LogP contribution in [0.2, 0.25) is 0 Å². The zero-order chi connectivity index (χ0) is 22.7. The number of nitrogen functional groups attached to an aromatic ring is 1. The highest BCUT2D eigenvalue weighted by Gasteiger charge is 2.43. The molecule has 1 atom stereocenters. The van der Waals surface area contributed by atoms with Gasteiger partial charge in [-0.2, -0.15) is 0 Å². The Kier molecular flexibility index (Phi) is 6.23. The maximum atomic E-state index is 13.3. The number of nitrogens with zero attached hydrogens (tertiary/aromatic N) is 3. The van der Waals surface area contributed by atoms with E-state index in [0.29, 0.717) is 30.8 Å². The van der Waals surface area contributed by atoms with E-state index in [1.165, 1.54) is 11.1 Å². The van der Waals surface area contributed by atoms with Gasteiger partial charge in [-0.05, 0) is 48.8 Å². The molecule has 3 heterocycles. The second kappa shape index (κ2) is 9.08. The number of anilines is 1. The van der Waals surface area contributed by atoms with Gasteiger partial charge in [-0.3, -0.25) is 9.59 Å². The van der Waals surface area contributed by atoms with Crippen molar-refractivity contribution in [2.75, 3.05) is 25.9 Å². The van der Waals surface area contributed by atoms with E-state index in [0.717, 1.165) is 24.0 Å². The Morgan fingerprint density at radius 3 is 2.84 bits per heavy atom. The lowest BCUT2D eigenvalue weighted by Crippen LogP contribution is -2.54. The highest BCUT2D eigenvalue weighted by Crippen LogP contribution is 2.36. The topological polar surface area (TPSA) is 101 Å². The van der Waals surface area contributed by atoms with Crippen LogP contribution in [0.3, 0.4) is 0 Å². The van der Waals surface area contributed by atoms with Crippen LogP contribution in [0.4, 0.5) is 5.95 Å². The molecule has 0 spiro atoms. The first-order chi connectivity index (χ1) is 15.4. The number of piperidine rings is 1. The summed E-state index contributed by atoms with van der Waals surface area (Å²) in [4.78, 5) is 37.5. The van der Waals surface area contributed by atoms with Gasteiger partial charge in [0.2, 0.25) is 11.9 Å². The number of nitrogens with one attached hydrogen (secondary N) is 1. The van der Waals surface area contributed by atoms with E-state index in [2.05, 4.69) is 44.9 Å². The molecule has 0 radical (unpaired) electrons. The van der Waals surface area contributed by atoms with Crippen LogP contribution in [0.15, 0.2) is 48.0 Å². The van der Waals surface area contributed by atoms with Gasteiger partial charge in [0.1, 0.15) is 0 Å². The molecule has 0 unspecified atom stereocenters. The fourth-order valence-corrected chi connectivity index (χ4v) is 5.24. The molecule has 1 saturated heterocycles. The smallest absolute Gasteiger partial charge is 0.257 e. The van der Waals surface area contributed by atoms with E-state index in [9.17, 15) is 9.59 Å². The molecule has 3 aromatic rings. The first-order valence-electron chi connectivity index (χ1n) is 10.7. The summed E-state index contributed by atoms with van der Waals surface area (Å²) in [5.74, 6) is -0.0624. The number of benzene rings is 1. The van der Waals surface area contributed by atoms with Crippen molar-refractivity contribution in [3.8, 4) is 10.4 Å². The summed E-state index contributed by atoms with van der Waals surface area (Å²) in [7, 11) is 1.66. The van der Waals surface area contributed by atoms with Crippen LogP contribution >= 0.6 is 11.3 Å². The van der Waals surface area contributed by atoms with Gasteiger partial charge in [0.05, 0.1) is 16.7 Å². The predicted molar refractivity (Wildman–Crippen MR) is 126 cm³/mol. The number of aryl methyl sites for hydroxylation is 1. The SMILES string of the molecule is CNC(=O)[C@@]1(Cc2cccc(-c3cccs3)c2)CCCN(C(=O)c2cnc(N)nc2C)C1. The Balaban J connectivity index is 1.62. The number of hydrogen-bond donors (Lipinski definition) is 2. The molecule has 3 N–H and O–H groups in total. The third kappa shape index (κ3) is 4.36. The minimum atomic E-state index is -0.695. The molecule has 1 aliphatic rings. The molecule has 0 aliphatic carbocycles. The maximum absolute atomic E-state index is 13.3. The number of likely N-dealkylation sites (tertiary alicyclic amines) is 1. The summed E-state index contributed by atoms with van der Waals surface area (Å²) in [5.41, 5.74) is 8.14. The van der Waals surface area contributed by atoms with Gasteiger partial charge in [0.25, 0.3) is 5.91 Å². The molecule has 0 bridgehead atoms. The number of nitrogens with two attached hydrogens (primary N) is 1. The third-order valence-corrected chi connectivity index (χ3v) is 7.00. The van der Waals surface area contributed by atoms with Crippen molar-refractivity contribution < 1.29 is 9.59 Å². The minimum Gasteiger partial charge on any atom is -0.368 e. The van der Waals surface area contributed by atoms with E-state index in [-0.39, 0.29) is 17.8 Å². The highest BCUT2D eigenvalue weighted by atomic mass is 32.1. The second-order valence-corrected chi connectivity index (χ2v) is 9.22. The molecule has 0 saturated carbocycles. The Labute approximate surface area is 191 Å². The van der Waals surface area contributed by atoms with E-state index in [1.54, 1.807) is 30.2 Å². The molecule has 4 rings (SSSR count). The van der Waals surface area contributed by atoms with Crippen LogP contribution in [-0.4, -0.2) is 46.8 Å². The van der Waals surface area contributed by atoms with Crippen LogP contribution in [0.1, 0.15) is 34.5 Å². The molecule has 32 heavy (non-hydrogen) atoms. The Morgan fingerprint density at radius 1 is 1.28 bits per heavy atom. The summed E-state index contributed by atoms with van der Waals surface area (Å²) < 4.78 is 0. The summed E-state index contributed by atoms with van der Waals surface area (Å²) in [5, 5.41) is 4.90. The predicted octanol–water partition coefficient (Wildman–Crippen LogP) is 3.31. The fourth-order valence-electron chi connectivity index (χ4n) is 4.51. The van der Waals surface area contributed by atoms with E-state index >= 15 is 0 Å². The Morgan fingerprint density at radius 2 is 2.12 bits per heavy atom. The zero-order valence-corrected chi connectivity index (χ0v) is 19.1. The number of rotatable bonds is 5. The molecule has 1 aromatic carbocycles. The number of carbonyl (C=O) groups is 2. The van der Waals surface area contributed by atoms with Gasteiger partial charge in [-0.25, -0.2) is 9.97 Å². The summed E-state index contributed by atoms with van der Waals surface area (Å²) in [6.07, 6.45) is 3.50. The molecule has 2 amide bonds. The highest BCUT2D eigenvalue weighted by molar-refractivity contribution is 7.13. The Bertz CT molecular complexity index is 1130. The molecule has 1 fully saturated rings. The molecular formula is C24H27N5O2S. The van der Waals surface area contributed by atoms with E-state index in [1.807, 2.05) is 12.1 Å². The van der Waals surface area contributed by atoms with Gasteiger partial charge in [0.15, 0.2) is 0 Å². The average molecular weight is 450 g/mol. The van der Waals surface area contributed by atoms with Crippen molar-refractivity contribution >= 4 is 29.1 Å². The minimum absolute atomic E-state index is 0.0400. The van der Waals surface area contributed by atoms with E-state index < -0.39 is 5.41 Å². The number of amides is 2. The second-order valence-electron chi connectivity index (χ2n) is 8.27. The monoisotopic (exact) mass is 449 g/mol. The van der Waals surface area contributed by atoms with Gasteiger partial charge in [0, 0.05) is 31.2 Å². The molecule has 2 aromatic heterocycles. The van der Waals surface area contributed by atoms with Crippen molar-refractivity contribution in [1.29, 1.82) is 0 Å². The third-order valence-electron chi connectivity index (χ3n) is 6.08. The zero-order valence-electron chi connectivity index (χ0n) is 18.3. The van der Waals surface area contributed by atoms with Crippen LogP contribution in [0, 0.1) is 12.3 Å². The lowest BCUT2D eigenvalue weighted by Gasteiger charge is -2.41. The lowest BCUT2D eigenvalue weighted by atomic mass is 9.74. The largest absolute Gasteiger partial charge is 0.368 e. The maximum Gasteiger partial charge on any atom is 0.257 e. The molecular weight excluding hydrogens is 422 g/mol. The normalized spacial score (nSPS) is 18.4. The number of thiophene rings is 1. The van der Waals surface area contributed by atoms with Crippen molar-refractivity contribution in [3.05, 3.63) is 64.8 Å². The van der Waals surface area contributed by atoms with Crippen molar-refractivity contribution in [2.45, 2.75) is 26.2 Å². The van der Waals surface area contributed by atoms with Crippen LogP contribution in [0.25, 0.3) is 10.4 Å². The standard InChI is InChI=1S/C24H27N5O2S/c1-16-19(14-27-23(25)28-16)21(30)29-10-5-9-24(15-29,22(31)26-2)13-17-6-3-7-18(12-17)20-8-4-11-32-20/h3-4,6-8,11-12,14H,5,9-10,13,15H2,1-2H3,(H,26,31)(H2,25,27,28)/t24-/m1/s1. The van der Waals surface area contributed by atoms with Gasteiger partial charge >= 0.3 is 0 Å². The quantitative estimate of drug-likeness (QED) is 0.622. The molecule has 166 valence electrons. The Hall–Kier alpha value is -3.26. The van der Waals surface area contributed by atoms with Crippen LogP contribution in [-0.2, 0) is 11.2 Å². The van der Waals surface area contributed by atoms with E-state index in [4.69, 9.17) is 5.73 Å². The first kappa shape index (κ1) is 22.0. The summed E-state index contributed by atoms with van der Waals surface area (Å²) >= 11 is 1.69. The lowest BCUT2D eigenvalue weighted by molar-refractivity contribution is -0.133. The van der Waals surface area contributed by atoms with Crippen LogP contribution < -0.4 is 11.1 Å². The van der Waals surface area contributed by atoms with Crippen molar-refractivity contribution in [3.63, 3.8) is 0 Å². The van der Waals surface area contributed by atoms with Crippen LogP contribution in [0.5, 0.6) is 0 Å². The number of aromatic nitrogens is 2. The average Bonchev–Trinajstić information content (AvgIpc) is 3.33. The van der Waals surface area contributed by atoms with Crippen molar-refractivity contribution in [1.82, 2.24) is 20.2 Å². The van der Waals surface area contributed by atoms with Gasteiger partial charge in [-0.1, -0.05) is 30.3 Å². The number of carbonyl (C=O) groups excluding carboxylic acids is 2. The summed E-state index contributed by atoms with van der Waals surface area (Å²) in [6, 6.07) is 12.4. The molecule has 1 aliphatic heterocycles.